The van der Waals surface area contributed by atoms with E-state index in [4.69, 9.17) is 5.73 Å². The first-order chi connectivity index (χ1) is 7.27. The van der Waals surface area contributed by atoms with Gasteiger partial charge in [-0.05, 0) is 34.2 Å². The lowest BCUT2D eigenvalue weighted by Crippen LogP contribution is -2.30. The van der Waals surface area contributed by atoms with E-state index >= 15 is 0 Å². The largest absolute Gasteiger partial charge is 0.379 e. The fourth-order valence-corrected chi connectivity index (χ4v) is 2.70. The number of rotatable bonds is 3. The van der Waals surface area contributed by atoms with Gasteiger partial charge in [0.2, 0.25) is 11.5 Å². The minimum atomic E-state index is -0.314. The van der Waals surface area contributed by atoms with Crippen LogP contribution in [0.3, 0.4) is 0 Å². The van der Waals surface area contributed by atoms with Crippen molar-refractivity contribution in [2.45, 2.75) is 6.42 Å². The Morgan fingerprint density at radius 1 is 1.67 bits per heavy atom. The second-order valence-electron chi connectivity index (χ2n) is 3.44. The van der Waals surface area contributed by atoms with Crippen LogP contribution in [0.5, 0.6) is 0 Å². The zero-order chi connectivity index (χ0) is 10.7. The Morgan fingerprint density at radius 3 is 3.13 bits per heavy atom. The van der Waals surface area contributed by atoms with Gasteiger partial charge in [-0.3, -0.25) is 4.79 Å². The first kappa shape index (κ1) is 10.3. The van der Waals surface area contributed by atoms with Crippen molar-refractivity contribution in [2.24, 2.45) is 5.92 Å². The highest BCUT2D eigenvalue weighted by atomic mass is 32.2. The average Bonchev–Trinajstić information content (AvgIpc) is 2.84. The molecule has 0 radical (unpaired) electrons. The van der Waals surface area contributed by atoms with Crippen molar-refractivity contribution in [3.05, 3.63) is 5.69 Å². The number of nitrogen functional groups attached to an aromatic ring is 1. The van der Waals surface area contributed by atoms with Crippen molar-refractivity contribution < 1.29 is 9.42 Å². The molecule has 0 bridgehead atoms. The molecule has 0 aromatic carbocycles. The molecule has 0 saturated carbocycles. The van der Waals surface area contributed by atoms with Crippen LogP contribution in [-0.4, -0.2) is 34.3 Å². The number of nitrogens with one attached hydrogen (secondary N) is 1. The van der Waals surface area contributed by atoms with E-state index in [1.54, 1.807) is 0 Å². The number of hydrogen-bond acceptors (Lipinski definition) is 6. The van der Waals surface area contributed by atoms with E-state index in [0.717, 1.165) is 12.2 Å². The van der Waals surface area contributed by atoms with E-state index in [0.29, 0.717) is 12.5 Å². The van der Waals surface area contributed by atoms with Crippen LogP contribution in [-0.2, 0) is 0 Å². The van der Waals surface area contributed by atoms with Crippen LogP contribution in [0, 0.1) is 5.92 Å². The number of nitrogens with two attached hydrogens (primary N) is 1. The Kier molecular flexibility index (Phi) is 3.10. The van der Waals surface area contributed by atoms with Gasteiger partial charge in [-0.15, -0.1) is 0 Å². The fraction of sp³-hybridized carbons (Fsp3) is 0.625. The maximum atomic E-state index is 11.5. The third kappa shape index (κ3) is 2.41. The number of nitrogens with zero attached hydrogens (tertiary/aromatic N) is 2. The fourth-order valence-electron chi connectivity index (χ4n) is 1.42. The van der Waals surface area contributed by atoms with Crippen molar-refractivity contribution in [1.82, 2.24) is 15.6 Å². The Morgan fingerprint density at radius 2 is 2.53 bits per heavy atom. The summed E-state index contributed by atoms with van der Waals surface area (Å²) in [6.07, 6.45) is 1.15. The summed E-state index contributed by atoms with van der Waals surface area (Å²) in [5.74, 6) is 2.56. The molecule has 1 aromatic heterocycles. The molecule has 82 valence electrons. The molecule has 0 spiro atoms. The van der Waals surface area contributed by atoms with E-state index < -0.39 is 0 Å². The second kappa shape index (κ2) is 4.52. The van der Waals surface area contributed by atoms with Crippen LogP contribution in [0.2, 0.25) is 0 Å². The number of aromatic nitrogens is 2. The molecule has 2 heterocycles. The first-order valence-corrected chi connectivity index (χ1v) is 5.87. The molecular weight excluding hydrogens is 216 g/mol. The van der Waals surface area contributed by atoms with Crippen LogP contribution >= 0.6 is 11.8 Å². The molecule has 6 nitrogen and oxygen atoms in total. The average molecular weight is 228 g/mol. The van der Waals surface area contributed by atoms with Gasteiger partial charge in [-0.25, -0.2) is 4.63 Å². The normalized spacial score (nSPS) is 20.4. The minimum absolute atomic E-state index is 0.0355. The van der Waals surface area contributed by atoms with Gasteiger partial charge in [0.05, 0.1) is 0 Å². The summed E-state index contributed by atoms with van der Waals surface area (Å²) in [6.45, 7) is 0.665. The molecule has 1 aliphatic heterocycles. The van der Waals surface area contributed by atoms with Gasteiger partial charge >= 0.3 is 0 Å². The number of hydrogen-bond donors (Lipinski definition) is 2. The minimum Gasteiger partial charge on any atom is -0.379 e. The Balaban J connectivity index is 1.84. The molecule has 15 heavy (non-hydrogen) atoms. The lowest BCUT2D eigenvalue weighted by Gasteiger charge is -2.08. The smallest absolute Gasteiger partial charge is 0.277 e. The van der Waals surface area contributed by atoms with Crippen molar-refractivity contribution in [1.29, 1.82) is 0 Å². The number of thioether (sulfide) groups is 1. The molecular formula is C8H12N4O2S. The topological polar surface area (TPSA) is 94.0 Å². The summed E-state index contributed by atoms with van der Waals surface area (Å²) < 4.78 is 4.35. The predicted molar refractivity (Wildman–Crippen MR) is 56.5 cm³/mol. The maximum absolute atomic E-state index is 11.5. The number of amides is 1. The highest BCUT2D eigenvalue weighted by molar-refractivity contribution is 7.99. The number of carbonyl (C=O) groups excluding carboxylic acids is 1. The summed E-state index contributed by atoms with van der Waals surface area (Å²) in [7, 11) is 0. The van der Waals surface area contributed by atoms with Crippen LogP contribution < -0.4 is 11.1 Å². The Labute approximate surface area is 90.9 Å². The molecule has 7 heteroatoms. The zero-order valence-corrected chi connectivity index (χ0v) is 8.92. The van der Waals surface area contributed by atoms with E-state index in [9.17, 15) is 4.79 Å². The van der Waals surface area contributed by atoms with E-state index in [2.05, 4.69) is 20.3 Å². The van der Waals surface area contributed by atoms with E-state index in [1.807, 2.05) is 11.8 Å². The number of anilines is 1. The van der Waals surface area contributed by atoms with Gasteiger partial charge in [0.15, 0.2) is 0 Å². The van der Waals surface area contributed by atoms with Gasteiger partial charge in [-0.2, -0.15) is 11.8 Å². The second-order valence-corrected chi connectivity index (χ2v) is 4.59. The molecule has 1 fully saturated rings. The lowest BCUT2D eigenvalue weighted by atomic mass is 10.1. The van der Waals surface area contributed by atoms with E-state index in [1.165, 1.54) is 5.75 Å². The highest BCUT2D eigenvalue weighted by Gasteiger charge is 2.19. The van der Waals surface area contributed by atoms with Crippen molar-refractivity contribution in [2.75, 3.05) is 23.8 Å². The summed E-state index contributed by atoms with van der Waals surface area (Å²) in [4.78, 5) is 11.5. The van der Waals surface area contributed by atoms with Gasteiger partial charge in [-0.1, -0.05) is 0 Å². The van der Waals surface area contributed by atoms with E-state index in [-0.39, 0.29) is 17.4 Å². The van der Waals surface area contributed by atoms with Crippen LogP contribution in [0.15, 0.2) is 4.63 Å². The zero-order valence-electron chi connectivity index (χ0n) is 8.10. The first-order valence-electron chi connectivity index (χ1n) is 4.71. The summed E-state index contributed by atoms with van der Waals surface area (Å²) in [5.41, 5.74) is 5.46. The van der Waals surface area contributed by atoms with Crippen LogP contribution in [0.4, 0.5) is 5.82 Å². The lowest BCUT2D eigenvalue weighted by molar-refractivity contribution is 0.0939. The Hall–Kier alpha value is -1.24. The molecule has 1 unspecified atom stereocenters. The molecule has 1 saturated heterocycles. The van der Waals surface area contributed by atoms with Crippen LogP contribution in [0.1, 0.15) is 16.9 Å². The summed E-state index contributed by atoms with van der Waals surface area (Å²) in [5, 5.41) is 9.55. The monoisotopic (exact) mass is 228 g/mol. The third-order valence-corrected chi connectivity index (χ3v) is 3.54. The SMILES string of the molecule is Nc1nonc1C(=O)NCC1CCSC1. The molecule has 3 N–H and O–H groups in total. The maximum Gasteiger partial charge on any atom is 0.277 e. The van der Waals surface area contributed by atoms with Gasteiger partial charge < -0.3 is 11.1 Å². The standard InChI is InChI=1S/C8H12N4O2S/c9-7-6(11-14-12-7)8(13)10-3-5-1-2-15-4-5/h5H,1-4H2,(H2,9,12)(H,10,13). The highest BCUT2D eigenvalue weighted by Crippen LogP contribution is 2.22. The molecule has 1 aromatic rings. The van der Waals surface area contributed by atoms with Gasteiger partial charge in [0, 0.05) is 6.54 Å². The molecule has 0 aliphatic carbocycles. The molecule has 1 amide bonds. The van der Waals surface area contributed by atoms with Crippen molar-refractivity contribution in [3.8, 4) is 0 Å². The van der Waals surface area contributed by atoms with Crippen molar-refractivity contribution >= 4 is 23.5 Å². The third-order valence-electron chi connectivity index (χ3n) is 2.30. The van der Waals surface area contributed by atoms with Gasteiger partial charge in [0.25, 0.3) is 5.91 Å². The quantitative estimate of drug-likeness (QED) is 0.764. The summed E-state index contributed by atoms with van der Waals surface area (Å²) >= 11 is 1.91. The Bertz CT molecular complexity index is 348. The predicted octanol–water partition coefficient (Wildman–Crippen LogP) is 0.135. The van der Waals surface area contributed by atoms with Crippen molar-refractivity contribution in [3.63, 3.8) is 0 Å². The molecule has 1 aliphatic rings. The number of carbonyl (C=O) groups is 1. The molecule has 2 rings (SSSR count). The molecule has 1 atom stereocenters. The van der Waals surface area contributed by atoms with Crippen LogP contribution in [0.25, 0.3) is 0 Å². The van der Waals surface area contributed by atoms with Gasteiger partial charge in [0.1, 0.15) is 0 Å². The summed E-state index contributed by atoms with van der Waals surface area (Å²) in [6, 6.07) is 0.